The Balaban J connectivity index is 1.72. The van der Waals surface area contributed by atoms with Crippen LogP contribution in [0, 0.1) is 0 Å². The third-order valence-electron chi connectivity index (χ3n) is 3.06. The van der Waals surface area contributed by atoms with Crippen molar-refractivity contribution in [2.75, 3.05) is 25.1 Å². The van der Waals surface area contributed by atoms with Gasteiger partial charge in [0, 0.05) is 29.3 Å². The van der Waals surface area contributed by atoms with Gasteiger partial charge in [0.1, 0.15) is 6.04 Å². The van der Waals surface area contributed by atoms with Crippen LogP contribution in [0.2, 0.25) is 0 Å². The molecule has 18 heavy (non-hydrogen) atoms. The van der Waals surface area contributed by atoms with Gasteiger partial charge in [-0.3, -0.25) is 4.79 Å². The van der Waals surface area contributed by atoms with E-state index >= 15 is 0 Å². The summed E-state index contributed by atoms with van der Waals surface area (Å²) in [6.07, 6.45) is 1.88. The molecule has 3 rings (SSSR count). The van der Waals surface area contributed by atoms with Crippen molar-refractivity contribution in [3.8, 4) is 0 Å². The Morgan fingerprint density at radius 1 is 1.39 bits per heavy atom. The number of fused-ring (bicyclic) bond motifs is 1. The first-order chi connectivity index (χ1) is 8.83. The molecule has 1 fully saturated rings. The highest BCUT2D eigenvalue weighted by atomic mass is 16.5. The summed E-state index contributed by atoms with van der Waals surface area (Å²) in [5.74, 6) is -0.0513. The Bertz CT molecular complexity index is 558. The lowest BCUT2D eigenvalue weighted by molar-refractivity contribution is -0.120. The molecule has 0 radical (unpaired) electrons. The number of nitrogens with one attached hydrogen (secondary N) is 3. The number of morpholine rings is 1. The van der Waals surface area contributed by atoms with Crippen LogP contribution < -0.4 is 10.6 Å². The lowest BCUT2D eigenvalue weighted by atomic mass is 10.2. The van der Waals surface area contributed by atoms with Crippen LogP contribution in [0.3, 0.4) is 0 Å². The van der Waals surface area contributed by atoms with Gasteiger partial charge in [0.2, 0.25) is 5.91 Å². The average molecular weight is 245 g/mol. The number of carbonyl (C=O) groups excluding carboxylic acids is 1. The van der Waals surface area contributed by atoms with E-state index in [1.807, 2.05) is 30.5 Å². The largest absolute Gasteiger partial charge is 0.378 e. The summed E-state index contributed by atoms with van der Waals surface area (Å²) in [7, 11) is 0. The SMILES string of the molecule is O=C(Nc1ccc2[nH]ccc2c1)C1COCCN1. The van der Waals surface area contributed by atoms with Crippen LogP contribution in [0.4, 0.5) is 5.69 Å². The molecule has 1 aromatic heterocycles. The molecule has 2 heterocycles. The van der Waals surface area contributed by atoms with E-state index in [0.717, 1.165) is 23.1 Å². The first-order valence-corrected chi connectivity index (χ1v) is 6.02. The lowest BCUT2D eigenvalue weighted by Crippen LogP contribution is -2.48. The van der Waals surface area contributed by atoms with Gasteiger partial charge < -0.3 is 20.4 Å². The maximum absolute atomic E-state index is 12.0. The van der Waals surface area contributed by atoms with Crippen molar-refractivity contribution in [1.29, 1.82) is 0 Å². The van der Waals surface area contributed by atoms with Crippen molar-refractivity contribution >= 4 is 22.5 Å². The van der Waals surface area contributed by atoms with Gasteiger partial charge >= 0.3 is 0 Å². The van der Waals surface area contributed by atoms with E-state index in [1.54, 1.807) is 0 Å². The Morgan fingerprint density at radius 3 is 3.17 bits per heavy atom. The second kappa shape index (κ2) is 4.80. The molecule has 3 N–H and O–H groups in total. The number of aromatic amines is 1. The third kappa shape index (κ3) is 2.23. The van der Waals surface area contributed by atoms with E-state index in [-0.39, 0.29) is 11.9 Å². The molecule has 1 amide bonds. The van der Waals surface area contributed by atoms with Gasteiger partial charge in [-0.2, -0.15) is 0 Å². The number of ether oxygens (including phenoxy) is 1. The summed E-state index contributed by atoms with van der Waals surface area (Å²) in [4.78, 5) is 15.1. The number of aromatic nitrogens is 1. The molecule has 1 unspecified atom stereocenters. The van der Waals surface area contributed by atoms with Crippen molar-refractivity contribution in [3.05, 3.63) is 30.5 Å². The summed E-state index contributed by atoms with van der Waals surface area (Å²) in [5, 5.41) is 7.11. The molecule has 1 aliphatic heterocycles. The third-order valence-corrected chi connectivity index (χ3v) is 3.06. The van der Waals surface area contributed by atoms with Crippen LogP contribution in [0.25, 0.3) is 10.9 Å². The molecule has 5 heteroatoms. The van der Waals surface area contributed by atoms with Gasteiger partial charge in [-0.15, -0.1) is 0 Å². The summed E-state index contributed by atoms with van der Waals surface area (Å²) < 4.78 is 5.27. The zero-order chi connectivity index (χ0) is 12.4. The maximum Gasteiger partial charge on any atom is 0.243 e. The van der Waals surface area contributed by atoms with E-state index in [9.17, 15) is 4.79 Å². The smallest absolute Gasteiger partial charge is 0.243 e. The predicted molar refractivity (Wildman–Crippen MR) is 69.5 cm³/mol. The number of hydrogen-bond donors (Lipinski definition) is 3. The van der Waals surface area contributed by atoms with Crippen LogP contribution in [-0.4, -0.2) is 36.7 Å². The van der Waals surface area contributed by atoms with E-state index in [0.29, 0.717) is 13.2 Å². The van der Waals surface area contributed by atoms with Gasteiger partial charge in [-0.25, -0.2) is 0 Å². The Morgan fingerprint density at radius 2 is 2.33 bits per heavy atom. The normalized spacial score (nSPS) is 19.9. The topological polar surface area (TPSA) is 66.2 Å². The van der Waals surface area contributed by atoms with Crippen LogP contribution in [0.15, 0.2) is 30.5 Å². The summed E-state index contributed by atoms with van der Waals surface area (Å²) in [5.41, 5.74) is 1.87. The molecule has 5 nitrogen and oxygen atoms in total. The van der Waals surface area contributed by atoms with Crippen LogP contribution in [0.1, 0.15) is 0 Å². The van der Waals surface area contributed by atoms with Crippen molar-refractivity contribution < 1.29 is 9.53 Å². The summed E-state index contributed by atoms with van der Waals surface area (Å²) in [6, 6.07) is 7.51. The number of benzene rings is 1. The van der Waals surface area contributed by atoms with E-state index in [1.165, 1.54) is 0 Å². The molecule has 0 bridgehead atoms. The molecule has 1 aliphatic rings. The quantitative estimate of drug-likeness (QED) is 0.742. The summed E-state index contributed by atoms with van der Waals surface area (Å²) >= 11 is 0. The first-order valence-electron chi connectivity index (χ1n) is 6.02. The van der Waals surface area contributed by atoms with Gasteiger partial charge in [-0.1, -0.05) is 0 Å². The maximum atomic E-state index is 12.0. The molecule has 0 aliphatic carbocycles. The molecular weight excluding hydrogens is 230 g/mol. The number of anilines is 1. The monoisotopic (exact) mass is 245 g/mol. The number of carbonyl (C=O) groups is 1. The van der Waals surface area contributed by atoms with Gasteiger partial charge in [-0.05, 0) is 24.3 Å². The minimum atomic E-state index is -0.263. The number of hydrogen-bond acceptors (Lipinski definition) is 3. The minimum absolute atomic E-state index is 0.0513. The van der Waals surface area contributed by atoms with Crippen molar-refractivity contribution in [2.24, 2.45) is 0 Å². The highest BCUT2D eigenvalue weighted by molar-refractivity contribution is 5.97. The van der Waals surface area contributed by atoms with E-state index < -0.39 is 0 Å². The Labute approximate surface area is 105 Å². The fraction of sp³-hybridized carbons (Fsp3) is 0.308. The molecule has 0 spiro atoms. The van der Waals surface area contributed by atoms with E-state index in [4.69, 9.17) is 4.74 Å². The standard InChI is InChI=1S/C13H15N3O2/c17-13(12-8-18-6-5-15-12)16-10-1-2-11-9(7-10)3-4-14-11/h1-4,7,12,14-15H,5-6,8H2,(H,16,17). The highest BCUT2D eigenvalue weighted by Gasteiger charge is 2.21. The highest BCUT2D eigenvalue weighted by Crippen LogP contribution is 2.17. The molecule has 1 aromatic carbocycles. The molecule has 94 valence electrons. The fourth-order valence-corrected chi connectivity index (χ4v) is 2.09. The fourth-order valence-electron chi connectivity index (χ4n) is 2.09. The van der Waals surface area contributed by atoms with Crippen molar-refractivity contribution in [2.45, 2.75) is 6.04 Å². The summed E-state index contributed by atoms with van der Waals surface area (Å²) in [6.45, 7) is 1.81. The second-order valence-corrected chi connectivity index (χ2v) is 4.35. The number of rotatable bonds is 2. The minimum Gasteiger partial charge on any atom is -0.378 e. The Hall–Kier alpha value is -1.85. The molecule has 0 saturated carbocycles. The van der Waals surface area contributed by atoms with Gasteiger partial charge in [0.15, 0.2) is 0 Å². The predicted octanol–water partition coefficient (Wildman–Crippen LogP) is 1.09. The van der Waals surface area contributed by atoms with Gasteiger partial charge in [0.25, 0.3) is 0 Å². The first kappa shape index (κ1) is 11.3. The number of H-pyrrole nitrogens is 1. The Kier molecular flexibility index (Phi) is 3.00. The second-order valence-electron chi connectivity index (χ2n) is 4.35. The van der Waals surface area contributed by atoms with Gasteiger partial charge in [0.05, 0.1) is 13.2 Å². The van der Waals surface area contributed by atoms with Crippen LogP contribution >= 0.6 is 0 Å². The molecule has 1 saturated heterocycles. The lowest BCUT2D eigenvalue weighted by Gasteiger charge is -2.22. The average Bonchev–Trinajstić information content (AvgIpc) is 2.87. The van der Waals surface area contributed by atoms with Crippen LogP contribution in [0.5, 0.6) is 0 Å². The zero-order valence-electron chi connectivity index (χ0n) is 9.90. The molecular formula is C13H15N3O2. The zero-order valence-corrected chi connectivity index (χ0v) is 9.90. The molecule has 2 aromatic rings. The number of amides is 1. The molecule has 1 atom stereocenters. The van der Waals surface area contributed by atoms with Crippen molar-refractivity contribution in [3.63, 3.8) is 0 Å². The van der Waals surface area contributed by atoms with Crippen LogP contribution in [-0.2, 0) is 9.53 Å². The van der Waals surface area contributed by atoms with Crippen molar-refractivity contribution in [1.82, 2.24) is 10.3 Å². The van der Waals surface area contributed by atoms with E-state index in [2.05, 4.69) is 15.6 Å².